The first-order chi connectivity index (χ1) is 15.4. The first-order valence-corrected chi connectivity index (χ1v) is 12.1. The Hall–Kier alpha value is -1.52. The van der Waals surface area contributed by atoms with Gasteiger partial charge in [-0.25, -0.2) is 0 Å². The van der Waals surface area contributed by atoms with Crippen LogP contribution in [0.2, 0.25) is 0 Å². The summed E-state index contributed by atoms with van der Waals surface area (Å²) in [5.74, 6) is 1.48. The van der Waals surface area contributed by atoms with Gasteiger partial charge in [-0.3, -0.25) is 25.7 Å². The number of amidine groups is 2. The van der Waals surface area contributed by atoms with E-state index in [-0.39, 0.29) is 17.1 Å². The molecule has 0 aliphatic carbocycles. The molecule has 8 nitrogen and oxygen atoms in total. The topological polar surface area (TPSA) is 89.9 Å². The molecule has 1 radical (unpaired) electrons. The number of hydrogen-bond donors (Lipinski definition) is 2. The predicted molar refractivity (Wildman–Crippen MR) is 140 cm³/mol. The normalized spacial score (nSPS) is 13.3. The third kappa shape index (κ3) is 13.1. The van der Waals surface area contributed by atoms with E-state index < -0.39 is 0 Å². The van der Waals surface area contributed by atoms with Crippen LogP contribution in [0.25, 0.3) is 0 Å². The van der Waals surface area contributed by atoms with Gasteiger partial charge in [-0.15, -0.1) is 0 Å². The first-order valence-electron chi connectivity index (χ1n) is 11.3. The van der Waals surface area contributed by atoms with Gasteiger partial charge in [0.05, 0.1) is 12.3 Å². The zero-order valence-corrected chi connectivity index (χ0v) is 22.9. The van der Waals surface area contributed by atoms with Crippen LogP contribution in [-0.2, 0) is 48.9 Å². The van der Waals surface area contributed by atoms with Gasteiger partial charge in [-0.05, 0) is 69.2 Å². The van der Waals surface area contributed by atoms with Crippen LogP contribution in [-0.4, -0.2) is 52.8 Å². The van der Waals surface area contributed by atoms with Gasteiger partial charge in [0.2, 0.25) is 0 Å². The van der Waals surface area contributed by atoms with Crippen molar-refractivity contribution in [3.63, 3.8) is 0 Å². The van der Waals surface area contributed by atoms with Crippen LogP contribution in [0.1, 0.15) is 71.8 Å². The fourth-order valence-electron chi connectivity index (χ4n) is 2.80. The molecule has 0 fully saturated rings. The molecule has 0 atom stereocenters. The minimum Gasteiger partial charge on any atom is -0.741 e. The summed E-state index contributed by atoms with van der Waals surface area (Å²) in [7, 11) is 0. The summed E-state index contributed by atoms with van der Waals surface area (Å²) in [6.07, 6.45) is 4.69. The van der Waals surface area contributed by atoms with Crippen LogP contribution in [0, 0.1) is 0 Å². The molecule has 0 aliphatic heterocycles. The van der Waals surface area contributed by atoms with E-state index in [0.29, 0.717) is 40.6 Å². The number of furan rings is 1. The Morgan fingerprint density at radius 2 is 1.45 bits per heavy atom. The van der Waals surface area contributed by atoms with Crippen LogP contribution in [0.5, 0.6) is 0 Å². The smallest absolute Gasteiger partial charge is 0.741 e. The van der Waals surface area contributed by atoms with Crippen molar-refractivity contribution in [1.82, 2.24) is 15.8 Å². The summed E-state index contributed by atoms with van der Waals surface area (Å²) in [5, 5.41) is 9.34. The van der Waals surface area contributed by atoms with Crippen molar-refractivity contribution in [3.8, 4) is 0 Å². The van der Waals surface area contributed by atoms with Gasteiger partial charge in [0, 0.05) is 13.1 Å². The molecule has 0 saturated heterocycles. The van der Waals surface area contributed by atoms with E-state index in [1.54, 1.807) is 0 Å². The monoisotopic (exact) mass is 542 g/mol. The molecular weight excluding hydrogens is 506 g/mol. The van der Waals surface area contributed by atoms with Crippen molar-refractivity contribution in [1.29, 1.82) is 0 Å². The standard InChI is InChI=1S/C22H39N7OS2.Cu/c1-6-10-14-29(15-11-7-2)16-18-12-13-19(30-18)20(26-28-22(32)24-9-4)17(5)25-27-21(31)23-8-3;/h12-13H,6-11,14-16H2,1-5H3,(H2,23,27,31)(H2,24,28,32);/q;+2/p-2/b25-17+,26-20-;. The fourth-order valence-corrected chi connectivity index (χ4v) is 3.15. The molecular formula is C22H37CuN7OS2. The Kier molecular flexibility index (Phi) is 18.0. The largest absolute Gasteiger partial charge is 2.00 e. The minimum absolute atomic E-state index is 0. The van der Waals surface area contributed by atoms with Gasteiger partial charge < -0.3 is 29.7 Å². The second-order valence-corrected chi connectivity index (χ2v) is 7.96. The minimum atomic E-state index is 0. The predicted octanol–water partition coefficient (Wildman–Crippen LogP) is 3.78. The molecule has 0 bridgehead atoms. The van der Waals surface area contributed by atoms with Crippen molar-refractivity contribution >= 4 is 47.0 Å². The number of rotatable bonds is 14. The number of nitrogens with zero attached hydrogens (tertiary/aromatic N) is 5. The maximum atomic E-state index is 6.15. The molecule has 0 spiro atoms. The van der Waals surface area contributed by atoms with Crippen LogP contribution < -0.4 is 10.9 Å². The summed E-state index contributed by atoms with van der Waals surface area (Å²) in [6.45, 7) is 14.1. The van der Waals surface area contributed by atoms with Crippen molar-refractivity contribution < 1.29 is 21.5 Å². The van der Waals surface area contributed by atoms with Crippen LogP contribution in [0.3, 0.4) is 0 Å². The zero-order valence-electron chi connectivity index (χ0n) is 20.3. The summed E-state index contributed by atoms with van der Waals surface area (Å²) in [4.78, 5) is 10.7. The molecule has 0 aromatic carbocycles. The molecule has 0 amide bonds. The van der Waals surface area contributed by atoms with Crippen molar-refractivity contribution in [3.05, 3.63) is 23.7 Å². The maximum Gasteiger partial charge on any atom is 2.00 e. The Bertz CT molecular complexity index is 785. The van der Waals surface area contributed by atoms with Crippen LogP contribution in [0.4, 0.5) is 0 Å². The Balaban J connectivity index is 0.0000102. The first kappa shape index (κ1) is 31.5. The van der Waals surface area contributed by atoms with Gasteiger partial charge in [0.1, 0.15) is 11.5 Å². The van der Waals surface area contributed by atoms with E-state index in [0.717, 1.165) is 25.4 Å². The van der Waals surface area contributed by atoms with E-state index in [1.165, 1.54) is 25.7 Å². The number of hydrazone groups is 2. The average molecular weight is 543 g/mol. The molecule has 1 aromatic rings. The van der Waals surface area contributed by atoms with E-state index in [4.69, 9.17) is 29.7 Å². The SMILES string of the molecule is CCCCN(CCCC)Cc1ccc(C(=N\NC([S-])=NCC)/C(C)=N/NC([S-])=NCC)o1.[Cu+2]. The Morgan fingerprint density at radius 1 is 0.909 bits per heavy atom. The molecule has 33 heavy (non-hydrogen) atoms. The second kappa shape index (κ2) is 18.9. The maximum absolute atomic E-state index is 6.15. The van der Waals surface area contributed by atoms with Crippen LogP contribution in [0.15, 0.2) is 36.7 Å². The molecule has 2 N–H and O–H groups in total. The van der Waals surface area contributed by atoms with E-state index in [9.17, 15) is 0 Å². The average Bonchev–Trinajstić information content (AvgIpc) is 3.22. The van der Waals surface area contributed by atoms with E-state index in [1.807, 2.05) is 32.9 Å². The molecule has 0 unspecified atom stereocenters. The van der Waals surface area contributed by atoms with Crippen LogP contribution >= 0.6 is 0 Å². The van der Waals surface area contributed by atoms with Crippen molar-refractivity contribution in [2.75, 3.05) is 26.2 Å². The number of unbranched alkanes of at least 4 members (excludes halogenated alkanes) is 2. The number of nitrogens with one attached hydrogen (secondary N) is 2. The molecule has 1 heterocycles. The van der Waals surface area contributed by atoms with Crippen molar-refractivity contribution in [2.45, 2.75) is 66.8 Å². The van der Waals surface area contributed by atoms with Gasteiger partial charge in [0.15, 0.2) is 5.76 Å². The van der Waals surface area contributed by atoms with E-state index >= 15 is 0 Å². The number of hydrogen-bond acceptors (Lipinski definition) is 8. The Morgan fingerprint density at radius 3 is 1.97 bits per heavy atom. The molecule has 11 heteroatoms. The van der Waals surface area contributed by atoms with E-state index in [2.05, 4.69) is 49.8 Å². The van der Waals surface area contributed by atoms with Gasteiger partial charge in [-0.2, -0.15) is 10.2 Å². The van der Waals surface area contributed by atoms with Crippen molar-refractivity contribution in [2.24, 2.45) is 20.2 Å². The van der Waals surface area contributed by atoms with Gasteiger partial charge in [0.25, 0.3) is 0 Å². The molecule has 1 aromatic heterocycles. The summed E-state index contributed by atoms with van der Waals surface area (Å²) >= 11 is 10.3. The third-order valence-electron chi connectivity index (χ3n) is 4.46. The quantitative estimate of drug-likeness (QED) is 0.122. The number of aliphatic imine (C=N–C) groups is 2. The van der Waals surface area contributed by atoms with Gasteiger partial charge >= 0.3 is 17.1 Å². The summed E-state index contributed by atoms with van der Waals surface area (Å²) in [5.41, 5.74) is 6.67. The molecule has 189 valence electrons. The summed E-state index contributed by atoms with van der Waals surface area (Å²) in [6, 6.07) is 3.89. The third-order valence-corrected chi connectivity index (χ3v) is 4.90. The zero-order chi connectivity index (χ0) is 23.8. The Labute approximate surface area is 220 Å². The molecule has 0 saturated carbocycles. The molecule has 0 aliphatic rings. The fraction of sp³-hybridized carbons (Fsp3) is 0.636. The summed E-state index contributed by atoms with van der Waals surface area (Å²) < 4.78 is 6.15. The van der Waals surface area contributed by atoms with Gasteiger partial charge in [-0.1, -0.05) is 26.7 Å². The molecule has 1 rings (SSSR count). The second-order valence-electron chi connectivity index (χ2n) is 7.19.